The number of fused-ring (bicyclic) bond motifs is 10. The summed E-state index contributed by atoms with van der Waals surface area (Å²) < 4.78 is 0. The summed E-state index contributed by atoms with van der Waals surface area (Å²) in [6.07, 6.45) is 1.04. The van der Waals surface area contributed by atoms with Gasteiger partial charge in [-0.15, -0.1) is 0 Å². The first-order valence-corrected chi connectivity index (χ1v) is 10.2. The van der Waals surface area contributed by atoms with E-state index in [-0.39, 0.29) is 5.41 Å². The molecule has 1 unspecified atom stereocenters. The Balaban J connectivity index is 1.91. The van der Waals surface area contributed by atoms with Gasteiger partial charge in [0.2, 0.25) is 0 Å². The maximum Gasteiger partial charge on any atom is 0.0730 e. The molecule has 1 spiro atoms. The lowest BCUT2D eigenvalue weighted by Crippen LogP contribution is -2.28. The van der Waals surface area contributed by atoms with Crippen LogP contribution in [0.1, 0.15) is 40.3 Å². The molecule has 0 heterocycles. The summed E-state index contributed by atoms with van der Waals surface area (Å²) in [6, 6.07) is 31.8. The number of hydrogen-bond donors (Lipinski definition) is 0. The average molecular weight is 358 g/mol. The van der Waals surface area contributed by atoms with E-state index in [0.717, 1.165) is 6.42 Å². The molecule has 0 nitrogen and oxygen atoms in total. The molecule has 0 fully saturated rings. The fraction of sp³-hybridized carbons (Fsp3) is 0.143. The molecule has 28 heavy (non-hydrogen) atoms. The molecule has 4 aromatic carbocycles. The molecule has 0 amide bonds. The summed E-state index contributed by atoms with van der Waals surface area (Å²) >= 11 is 0. The van der Waals surface area contributed by atoms with Crippen LogP contribution in [0.4, 0.5) is 0 Å². The lowest BCUT2D eigenvalue weighted by atomic mass is 9.68. The standard InChI is InChI=1S/C28H22/c1-3-19-11-9-15-23-21-13-5-7-17-25(21)28(27(19)23)24-16-6-4-12-20(24)22-14-8-10-18(2)26(22)28/h4-17H,3H2,1-2H3. The molecule has 0 saturated carbocycles. The predicted molar refractivity (Wildman–Crippen MR) is 117 cm³/mol. The van der Waals surface area contributed by atoms with Crippen molar-refractivity contribution in [3.63, 3.8) is 0 Å². The minimum atomic E-state index is -0.199. The van der Waals surface area contributed by atoms with Crippen LogP contribution in [0.15, 0.2) is 84.9 Å². The van der Waals surface area contributed by atoms with Crippen LogP contribution in [-0.2, 0) is 11.8 Å². The van der Waals surface area contributed by atoms with Gasteiger partial charge in [0.15, 0.2) is 0 Å². The molecule has 4 aromatic rings. The summed E-state index contributed by atoms with van der Waals surface area (Å²) in [6.45, 7) is 4.56. The minimum absolute atomic E-state index is 0.199. The second-order valence-electron chi connectivity index (χ2n) is 8.03. The lowest BCUT2D eigenvalue weighted by molar-refractivity contribution is 0.772. The monoisotopic (exact) mass is 358 g/mol. The van der Waals surface area contributed by atoms with Crippen LogP contribution >= 0.6 is 0 Å². The molecular formula is C28H22. The van der Waals surface area contributed by atoms with Crippen molar-refractivity contribution in [2.45, 2.75) is 25.7 Å². The molecule has 0 N–H and O–H groups in total. The third kappa shape index (κ3) is 1.67. The van der Waals surface area contributed by atoms with Crippen LogP contribution < -0.4 is 0 Å². The van der Waals surface area contributed by atoms with Crippen molar-refractivity contribution in [3.8, 4) is 22.3 Å². The molecule has 2 aliphatic rings. The first kappa shape index (κ1) is 15.9. The van der Waals surface area contributed by atoms with Gasteiger partial charge in [-0.2, -0.15) is 0 Å². The smallest absolute Gasteiger partial charge is 0.0619 e. The molecule has 0 radical (unpaired) electrons. The highest BCUT2D eigenvalue weighted by Gasteiger charge is 2.52. The van der Waals surface area contributed by atoms with E-state index in [1.165, 1.54) is 55.6 Å². The molecule has 0 saturated heterocycles. The van der Waals surface area contributed by atoms with Crippen molar-refractivity contribution in [2.75, 3.05) is 0 Å². The summed E-state index contributed by atoms with van der Waals surface area (Å²) in [5, 5.41) is 0. The molecule has 2 aliphatic carbocycles. The summed E-state index contributed by atoms with van der Waals surface area (Å²) in [5.41, 5.74) is 14.1. The minimum Gasteiger partial charge on any atom is -0.0619 e. The van der Waals surface area contributed by atoms with Gasteiger partial charge in [-0.3, -0.25) is 0 Å². The van der Waals surface area contributed by atoms with E-state index in [9.17, 15) is 0 Å². The van der Waals surface area contributed by atoms with E-state index < -0.39 is 0 Å². The first-order chi connectivity index (χ1) is 13.8. The number of benzene rings is 4. The molecule has 0 bridgehead atoms. The molecule has 0 aliphatic heterocycles. The van der Waals surface area contributed by atoms with Gasteiger partial charge in [-0.05, 0) is 69.0 Å². The van der Waals surface area contributed by atoms with Crippen molar-refractivity contribution >= 4 is 0 Å². The van der Waals surface area contributed by atoms with Crippen molar-refractivity contribution < 1.29 is 0 Å². The highest BCUT2D eigenvalue weighted by Crippen LogP contribution is 2.64. The van der Waals surface area contributed by atoms with Crippen molar-refractivity contribution in [1.29, 1.82) is 0 Å². The molecule has 6 rings (SSSR count). The zero-order valence-corrected chi connectivity index (χ0v) is 16.3. The zero-order valence-electron chi connectivity index (χ0n) is 16.3. The Hall–Kier alpha value is -3.12. The van der Waals surface area contributed by atoms with Crippen LogP contribution in [0.5, 0.6) is 0 Å². The lowest BCUT2D eigenvalue weighted by Gasteiger charge is -2.33. The quantitative estimate of drug-likeness (QED) is 0.300. The van der Waals surface area contributed by atoms with Crippen molar-refractivity contribution in [1.82, 2.24) is 0 Å². The first-order valence-electron chi connectivity index (χ1n) is 10.2. The van der Waals surface area contributed by atoms with Crippen molar-refractivity contribution in [2.24, 2.45) is 0 Å². The third-order valence-electron chi connectivity index (χ3n) is 6.80. The maximum atomic E-state index is 2.35. The van der Waals surface area contributed by atoms with E-state index in [0.29, 0.717) is 0 Å². The highest BCUT2D eigenvalue weighted by atomic mass is 14.5. The Kier molecular flexibility index (Phi) is 3.09. The Morgan fingerprint density at radius 3 is 1.75 bits per heavy atom. The second-order valence-corrected chi connectivity index (χ2v) is 8.03. The molecule has 0 aromatic heterocycles. The summed E-state index contributed by atoms with van der Waals surface area (Å²) in [7, 11) is 0. The molecule has 0 heteroatoms. The van der Waals surface area contributed by atoms with E-state index in [2.05, 4.69) is 98.8 Å². The van der Waals surface area contributed by atoms with Crippen LogP contribution in [0, 0.1) is 6.92 Å². The van der Waals surface area contributed by atoms with E-state index >= 15 is 0 Å². The van der Waals surface area contributed by atoms with Crippen LogP contribution in [0.2, 0.25) is 0 Å². The fourth-order valence-electron chi connectivity index (χ4n) is 5.85. The Morgan fingerprint density at radius 2 is 1.11 bits per heavy atom. The molecule has 134 valence electrons. The summed E-state index contributed by atoms with van der Waals surface area (Å²) in [5.74, 6) is 0. The van der Waals surface area contributed by atoms with Gasteiger partial charge in [0.1, 0.15) is 0 Å². The van der Waals surface area contributed by atoms with Gasteiger partial charge in [0.25, 0.3) is 0 Å². The van der Waals surface area contributed by atoms with Crippen LogP contribution in [0.25, 0.3) is 22.3 Å². The summed E-state index contributed by atoms with van der Waals surface area (Å²) in [4.78, 5) is 0. The normalized spacial score (nSPS) is 17.9. The predicted octanol–water partition coefficient (Wildman–Crippen LogP) is 6.90. The van der Waals surface area contributed by atoms with E-state index in [1.54, 1.807) is 0 Å². The van der Waals surface area contributed by atoms with Crippen LogP contribution in [-0.4, -0.2) is 0 Å². The number of hydrogen-bond acceptors (Lipinski definition) is 0. The largest absolute Gasteiger partial charge is 0.0730 e. The van der Waals surface area contributed by atoms with Gasteiger partial charge in [0.05, 0.1) is 5.41 Å². The average Bonchev–Trinajstić information content (AvgIpc) is 3.22. The third-order valence-corrected chi connectivity index (χ3v) is 6.80. The fourth-order valence-corrected chi connectivity index (χ4v) is 5.85. The topological polar surface area (TPSA) is 0 Å². The van der Waals surface area contributed by atoms with Gasteiger partial charge in [0, 0.05) is 0 Å². The van der Waals surface area contributed by atoms with Gasteiger partial charge >= 0.3 is 0 Å². The van der Waals surface area contributed by atoms with Gasteiger partial charge in [-0.1, -0.05) is 91.9 Å². The maximum absolute atomic E-state index is 2.35. The number of aryl methyl sites for hydroxylation is 2. The molecule has 1 atom stereocenters. The van der Waals surface area contributed by atoms with E-state index in [4.69, 9.17) is 0 Å². The molecular weight excluding hydrogens is 336 g/mol. The highest BCUT2D eigenvalue weighted by molar-refractivity contribution is 5.96. The van der Waals surface area contributed by atoms with Crippen LogP contribution in [0.3, 0.4) is 0 Å². The van der Waals surface area contributed by atoms with Gasteiger partial charge < -0.3 is 0 Å². The number of rotatable bonds is 1. The van der Waals surface area contributed by atoms with Gasteiger partial charge in [-0.25, -0.2) is 0 Å². The SMILES string of the molecule is CCc1cccc2c1C1(c3ccccc3-c3cccc(C)c31)c1ccccc1-2. The Labute approximate surface area is 166 Å². The van der Waals surface area contributed by atoms with E-state index in [1.807, 2.05) is 0 Å². The second kappa shape index (κ2) is 5.45. The Bertz CT molecular complexity index is 1250. The Morgan fingerprint density at radius 1 is 0.571 bits per heavy atom. The van der Waals surface area contributed by atoms with Crippen molar-refractivity contribution in [3.05, 3.63) is 118 Å². The zero-order chi connectivity index (χ0) is 18.9.